The van der Waals surface area contributed by atoms with Gasteiger partial charge in [-0.3, -0.25) is 0 Å². The van der Waals surface area contributed by atoms with Gasteiger partial charge in [0.05, 0.1) is 11.1 Å². The molecule has 1 heterocycles. The quantitative estimate of drug-likeness (QED) is 0.727. The lowest BCUT2D eigenvalue weighted by Gasteiger charge is -2.18. The highest BCUT2D eigenvalue weighted by atomic mass is 35.5. The molecule has 1 aromatic heterocycles. The van der Waals surface area contributed by atoms with E-state index in [2.05, 4.69) is 4.72 Å². The summed E-state index contributed by atoms with van der Waals surface area (Å²) in [5.74, 6) is 0. The predicted molar refractivity (Wildman–Crippen MR) is 94.4 cm³/mol. The molecule has 0 aliphatic heterocycles. The van der Waals surface area contributed by atoms with Gasteiger partial charge in [0.2, 0.25) is 10.0 Å². The summed E-state index contributed by atoms with van der Waals surface area (Å²) in [4.78, 5) is 1.01. The summed E-state index contributed by atoms with van der Waals surface area (Å²) in [6, 6.07) is 19.3. The van der Waals surface area contributed by atoms with Gasteiger partial charge in [0, 0.05) is 4.88 Å². The number of benzene rings is 2. The molecule has 0 unspecified atom stereocenters. The van der Waals surface area contributed by atoms with Crippen LogP contribution < -0.4 is 4.72 Å². The monoisotopic (exact) mass is 363 g/mol. The smallest absolute Gasteiger partial charge is 0.207 e. The summed E-state index contributed by atoms with van der Waals surface area (Å²) in [5.41, 5.74) is 0.880. The van der Waals surface area contributed by atoms with Crippen LogP contribution in [-0.2, 0) is 10.0 Å². The van der Waals surface area contributed by atoms with Crippen LogP contribution in [0.5, 0.6) is 0 Å². The van der Waals surface area contributed by atoms with Crippen LogP contribution in [0.2, 0.25) is 5.02 Å². The first kappa shape index (κ1) is 16.2. The molecule has 0 saturated carbocycles. The molecule has 0 bridgehead atoms. The second-order valence-corrected chi connectivity index (χ2v) is 7.98. The van der Waals surface area contributed by atoms with Crippen LogP contribution in [0.4, 0.5) is 0 Å². The van der Waals surface area contributed by atoms with Gasteiger partial charge in [-0.05, 0) is 29.1 Å². The second kappa shape index (κ2) is 6.84. The number of halogens is 1. The van der Waals surface area contributed by atoms with Crippen molar-refractivity contribution in [1.82, 2.24) is 4.72 Å². The molecule has 3 rings (SSSR count). The molecule has 0 amide bonds. The van der Waals surface area contributed by atoms with E-state index < -0.39 is 16.1 Å². The number of hydrogen-bond donors (Lipinski definition) is 1. The molecule has 1 N–H and O–H groups in total. The number of rotatable bonds is 5. The van der Waals surface area contributed by atoms with Crippen molar-refractivity contribution in [3.8, 4) is 0 Å². The number of sulfonamides is 1. The van der Waals surface area contributed by atoms with Gasteiger partial charge in [-0.2, -0.15) is 4.72 Å². The zero-order chi connectivity index (χ0) is 16.3. The molecule has 0 saturated heterocycles. The molecule has 23 heavy (non-hydrogen) atoms. The molecule has 3 nitrogen and oxygen atoms in total. The highest BCUT2D eigenvalue weighted by Gasteiger charge is 2.25. The van der Waals surface area contributed by atoms with E-state index in [4.69, 9.17) is 11.6 Å². The molecule has 0 spiro atoms. The van der Waals surface area contributed by atoms with E-state index in [-0.39, 0.29) is 9.92 Å². The molecular weight excluding hydrogens is 350 g/mol. The van der Waals surface area contributed by atoms with Crippen LogP contribution in [0, 0.1) is 0 Å². The molecule has 3 aromatic rings. The van der Waals surface area contributed by atoms with Crippen LogP contribution >= 0.6 is 22.9 Å². The number of nitrogens with one attached hydrogen (secondary N) is 1. The lowest BCUT2D eigenvalue weighted by atomic mass is 10.1. The Hall–Kier alpha value is -1.66. The lowest BCUT2D eigenvalue weighted by molar-refractivity contribution is 0.573. The first-order valence-corrected chi connectivity index (χ1v) is 9.67. The average molecular weight is 364 g/mol. The summed E-state index contributed by atoms with van der Waals surface area (Å²) in [6.07, 6.45) is 0. The van der Waals surface area contributed by atoms with Crippen molar-refractivity contribution >= 4 is 33.0 Å². The highest BCUT2D eigenvalue weighted by molar-refractivity contribution is 7.89. The number of thiophene rings is 1. The molecule has 0 radical (unpaired) electrons. The lowest BCUT2D eigenvalue weighted by Crippen LogP contribution is -2.29. The summed E-state index contributed by atoms with van der Waals surface area (Å²) in [7, 11) is -3.74. The van der Waals surface area contributed by atoms with Crippen LogP contribution in [0.25, 0.3) is 0 Å². The SMILES string of the molecule is O=S(=O)(N[C@@H](c1ccccc1)c1cccs1)c1ccccc1Cl. The van der Waals surface area contributed by atoms with Gasteiger partial charge < -0.3 is 0 Å². The first-order valence-electron chi connectivity index (χ1n) is 6.93. The third-order valence-electron chi connectivity index (χ3n) is 3.36. The average Bonchev–Trinajstić information content (AvgIpc) is 3.08. The zero-order valence-electron chi connectivity index (χ0n) is 12.0. The number of hydrogen-bond acceptors (Lipinski definition) is 3. The fraction of sp³-hybridized carbons (Fsp3) is 0.0588. The topological polar surface area (TPSA) is 46.2 Å². The van der Waals surface area contributed by atoms with Crippen molar-refractivity contribution in [2.45, 2.75) is 10.9 Å². The van der Waals surface area contributed by atoms with E-state index in [0.29, 0.717) is 0 Å². The van der Waals surface area contributed by atoms with E-state index in [1.165, 1.54) is 17.4 Å². The van der Waals surface area contributed by atoms with Crippen LogP contribution in [0.15, 0.2) is 77.0 Å². The van der Waals surface area contributed by atoms with E-state index in [1.54, 1.807) is 18.2 Å². The molecular formula is C17H14ClNO2S2. The van der Waals surface area contributed by atoms with E-state index in [0.717, 1.165) is 10.4 Å². The van der Waals surface area contributed by atoms with Crippen LogP contribution in [0.1, 0.15) is 16.5 Å². The van der Waals surface area contributed by atoms with Gasteiger partial charge in [-0.15, -0.1) is 11.3 Å². The van der Waals surface area contributed by atoms with E-state index >= 15 is 0 Å². The zero-order valence-corrected chi connectivity index (χ0v) is 14.4. The molecule has 0 fully saturated rings. The van der Waals surface area contributed by atoms with Crippen molar-refractivity contribution < 1.29 is 8.42 Å². The van der Waals surface area contributed by atoms with Gasteiger partial charge in [0.1, 0.15) is 4.90 Å². The van der Waals surface area contributed by atoms with Crippen molar-refractivity contribution in [2.24, 2.45) is 0 Å². The van der Waals surface area contributed by atoms with Gasteiger partial charge >= 0.3 is 0 Å². The van der Waals surface area contributed by atoms with Gasteiger partial charge in [-0.25, -0.2) is 8.42 Å². The molecule has 0 aliphatic carbocycles. The molecule has 2 aromatic carbocycles. The summed E-state index contributed by atoms with van der Waals surface area (Å²) < 4.78 is 28.2. The van der Waals surface area contributed by atoms with Crippen molar-refractivity contribution in [3.63, 3.8) is 0 Å². The molecule has 1 atom stereocenters. The highest BCUT2D eigenvalue weighted by Crippen LogP contribution is 2.29. The molecule has 118 valence electrons. The largest absolute Gasteiger partial charge is 0.242 e. The maximum absolute atomic E-state index is 12.7. The van der Waals surface area contributed by atoms with Gasteiger partial charge in [0.25, 0.3) is 0 Å². The van der Waals surface area contributed by atoms with Crippen LogP contribution in [-0.4, -0.2) is 8.42 Å². The second-order valence-electron chi connectivity index (χ2n) is 4.91. The van der Waals surface area contributed by atoms with Gasteiger partial charge in [0.15, 0.2) is 0 Å². The van der Waals surface area contributed by atoms with Gasteiger partial charge in [-0.1, -0.05) is 60.1 Å². The Kier molecular flexibility index (Phi) is 4.82. The van der Waals surface area contributed by atoms with E-state index in [9.17, 15) is 8.42 Å². The summed E-state index contributed by atoms with van der Waals surface area (Å²) >= 11 is 7.55. The standard InChI is InChI=1S/C17H14ClNO2S2/c18-14-9-4-5-11-16(14)23(20,21)19-17(15-10-6-12-22-15)13-7-2-1-3-8-13/h1-12,17,19H/t17-/m0/s1. The minimum absolute atomic E-state index is 0.0825. The predicted octanol–water partition coefficient (Wildman–Crippen LogP) is 4.47. The minimum Gasteiger partial charge on any atom is -0.207 e. The Bertz CT molecular complexity index is 878. The normalized spacial score (nSPS) is 12.9. The Morgan fingerprint density at radius 1 is 0.913 bits per heavy atom. The Labute approximate surface area is 144 Å². The third-order valence-corrected chi connectivity index (χ3v) is 6.22. The van der Waals surface area contributed by atoms with Crippen molar-refractivity contribution in [3.05, 3.63) is 87.6 Å². The maximum Gasteiger partial charge on any atom is 0.242 e. The molecule has 6 heteroatoms. The summed E-state index contributed by atoms with van der Waals surface area (Å²) in [6.45, 7) is 0. The fourth-order valence-corrected chi connectivity index (χ4v) is 4.87. The van der Waals surface area contributed by atoms with Crippen molar-refractivity contribution in [1.29, 1.82) is 0 Å². The minimum atomic E-state index is -3.74. The first-order chi connectivity index (χ1) is 11.1. The summed E-state index contributed by atoms with van der Waals surface area (Å²) in [5, 5.41) is 2.13. The van der Waals surface area contributed by atoms with E-state index in [1.807, 2.05) is 47.8 Å². The Balaban J connectivity index is 2.01. The van der Waals surface area contributed by atoms with Crippen molar-refractivity contribution in [2.75, 3.05) is 0 Å². The Morgan fingerprint density at radius 2 is 1.61 bits per heavy atom. The molecule has 0 aliphatic rings. The third kappa shape index (κ3) is 3.64. The fourth-order valence-electron chi connectivity index (χ4n) is 2.27. The van der Waals surface area contributed by atoms with Crippen LogP contribution in [0.3, 0.4) is 0 Å². The maximum atomic E-state index is 12.7. The Morgan fingerprint density at radius 3 is 2.26 bits per heavy atom.